The highest BCUT2D eigenvalue weighted by molar-refractivity contribution is 6.09. The normalized spacial score (nSPS) is 35.6. The molecule has 1 spiro atoms. The molecule has 1 heterocycles. The van der Waals surface area contributed by atoms with E-state index in [1.807, 2.05) is 12.2 Å². The second-order valence-electron chi connectivity index (χ2n) is 7.32. The molecule has 132 valence electrons. The lowest BCUT2D eigenvalue weighted by atomic mass is 9.77. The highest BCUT2D eigenvalue weighted by atomic mass is 16.3. The van der Waals surface area contributed by atoms with Crippen molar-refractivity contribution in [3.63, 3.8) is 0 Å². The van der Waals surface area contributed by atoms with Crippen molar-refractivity contribution in [3.8, 4) is 0 Å². The molecule has 2 fully saturated rings. The van der Waals surface area contributed by atoms with Crippen molar-refractivity contribution in [2.75, 3.05) is 13.2 Å². The van der Waals surface area contributed by atoms with Gasteiger partial charge in [-0.3, -0.25) is 14.5 Å². The summed E-state index contributed by atoms with van der Waals surface area (Å²) in [5, 5.41) is 14.7. The molecular weight excluding hydrogens is 310 g/mol. The van der Waals surface area contributed by atoms with E-state index in [9.17, 15) is 14.4 Å². The van der Waals surface area contributed by atoms with E-state index in [-0.39, 0.29) is 36.9 Å². The van der Waals surface area contributed by atoms with Gasteiger partial charge in [0.2, 0.25) is 5.91 Å². The van der Waals surface area contributed by atoms with Crippen LogP contribution >= 0.6 is 0 Å². The molecule has 3 aliphatic rings. The van der Waals surface area contributed by atoms with E-state index in [1.165, 1.54) is 0 Å². The van der Waals surface area contributed by atoms with Gasteiger partial charge in [-0.15, -0.1) is 0 Å². The van der Waals surface area contributed by atoms with Gasteiger partial charge in [-0.05, 0) is 38.0 Å². The molecule has 0 aromatic rings. The zero-order valence-electron chi connectivity index (χ0n) is 14.0. The predicted molar refractivity (Wildman–Crippen MR) is 86.9 cm³/mol. The summed E-state index contributed by atoms with van der Waals surface area (Å²) in [6.07, 6.45) is 7.44. The quantitative estimate of drug-likeness (QED) is 0.516. The molecule has 24 heavy (non-hydrogen) atoms. The van der Waals surface area contributed by atoms with Crippen molar-refractivity contribution in [3.05, 3.63) is 12.2 Å². The van der Waals surface area contributed by atoms with Gasteiger partial charge in [-0.25, -0.2) is 4.79 Å². The van der Waals surface area contributed by atoms with Gasteiger partial charge in [0, 0.05) is 18.6 Å². The lowest BCUT2D eigenvalue weighted by molar-refractivity contribution is -0.136. The van der Waals surface area contributed by atoms with Crippen molar-refractivity contribution in [1.29, 1.82) is 0 Å². The number of urea groups is 1. The number of nitrogens with one attached hydrogen (secondary N) is 2. The predicted octanol–water partition coefficient (Wildman–Crippen LogP) is 0.540. The van der Waals surface area contributed by atoms with E-state index < -0.39 is 11.6 Å². The van der Waals surface area contributed by atoms with Gasteiger partial charge in [0.15, 0.2) is 0 Å². The minimum Gasteiger partial charge on any atom is -0.396 e. The van der Waals surface area contributed by atoms with E-state index in [0.717, 1.165) is 17.7 Å². The fourth-order valence-electron chi connectivity index (χ4n) is 3.83. The minimum absolute atomic E-state index is 0.0524. The molecule has 1 aliphatic heterocycles. The van der Waals surface area contributed by atoms with Crippen molar-refractivity contribution < 1.29 is 19.5 Å². The lowest BCUT2D eigenvalue weighted by Crippen LogP contribution is -2.50. The van der Waals surface area contributed by atoms with Crippen LogP contribution in [0.5, 0.6) is 0 Å². The zero-order chi connectivity index (χ0) is 17.3. The Balaban J connectivity index is 1.57. The molecule has 3 N–H and O–H groups in total. The van der Waals surface area contributed by atoms with Crippen LogP contribution in [-0.4, -0.2) is 52.6 Å². The summed E-state index contributed by atoms with van der Waals surface area (Å²) in [5.41, 5.74) is -0.806. The van der Waals surface area contributed by atoms with Crippen LogP contribution in [0.1, 0.15) is 39.0 Å². The highest BCUT2D eigenvalue weighted by Gasteiger charge is 2.52. The molecule has 3 rings (SSSR count). The van der Waals surface area contributed by atoms with E-state index in [0.29, 0.717) is 25.2 Å². The van der Waals surface area contributed by atoms with E-state index in [4.69, 9.17) is 5.11 Å². The van der Waals surface area contributed by atoms with Crippen LogP contribution in [0.2, 0.25) is 0 Å². The number of nitrogens with zero attached hydrogens (tertiary/aromatic N) is 1. The van der Waals surface area contributed by atoms with Crippen LogP contribution in [-0.2, 0) is 9.59 Å². The third kappa shape index (κ3) is 3.17. The van der Waals surface area contributed by atoms with E-state index in [1.54, 1.807) is 0 Å². The number of hydrogen-bond donors (Lipinski definition) is 3. The van der Waals surface area contributed by atoms with Crippen LogP contribution in [0.25, 0.3) is 0 Å². The standard InChI is InChI=1S/C17H25N3O4/c1-11-4-6-17(7-5-11)15(23)20(16(24)19-17)9-14(22)18-13-3-2-12(8-13)10-21/h2-3,11-13,21H,4-10H2,1H3,(H,18,22)(H,19,24)/t11?,12-,13+,17?/m0/s1. The molecular formula is C17H25N3O4. The van der Waals surface area contributed by atoms with Gasteiger partial charge in [0.25, 0.3) is 5.91 Å². The van der Waals surface area contributed by atoms with Crippen LogP contribution in [0, 0.1) is 11.8 Å². The Kier molecular flexibility index (Phi) is 4.62. The Bertz CT molecular complexity index is 566. The maximum Gasteiger partial charge on any atom is 0.325 e. The number of imide groups is 1. The first-order valence-electron chi connectivity index (χ1n) is 8.66. The smallest absolute Gasteiger partial charge is 0.325 e. The number of carbonyl (C=O) groups is 3. The lowest BCUT2D eigenvalue weighted by Gasteiger charge is -2.33. The second-order valence-corrected chi connectivity index (χ2v) is 7.32. The monoisotopic (exact) mass is 335 g/mol. The van der Waals surface area contributed by atoms with Crippen LogP contribution in [0.4, 0.5) is 4.79 Å². The van der Waals surface area contributed by atoms with Crippen LogP contribution in [0.15, 0.2) is 12.2 Å². The Morgan fingerprint density at radius 3 is 2.71 bits per heavy atom. The molecule has 0 radical (unpaired) electrons. The molecule has 2 atom stereocenters. The summed E-state index contributed by atoms with van der Waals surface area (Å²) >= 11 is 0. The average molecular weight is 335 g/mol. The third-order valence-corrected chi connectivity index (χ3v) is 5.43. The van der Waals surface area contributed by atoms with Crippen molar-refractivity contribution >= 4 is 17.8 Å². The first-order valence-corrected chi connectivity index (χ1v) is 8.66. The van der Waals surface area contributed by atoms with Gasteiger partial charge >= 0.3 is 6.03 Å². The first-order chi connectivity index (χ1) is 11.4. The molecule has 2 aliphatic carbocycles. The Morgan fingerprint density at radius 2 is 2.08 bits per heavy atom. The van der Waals surface area contributed by atoms with Gasteiger partial charge in [-0.1, -0.05) is 19.1 Å². The summed E-state index contributed by atoms with van der Waals surface area (Å²) in [4.78, 5) is 38.1. The van der Waals surface area contributed by atoms with Crippen molar-refractivity contribution in [2.24, 2.45) is 11.8 Å². The highest BCUT2D eigenvalue weighted by Crippen LogP contribution is 2.36. The fourth-order valence-corrected chi connectivity index (χ4v) is 3.83. The Morgan fingerprint density at radius 1 is 1.38 bits per heavy atom. The molecule has 0 aromatic carbocycles. The number of hydrogen-bond acceptors (Lipinski definition) is 4. The fraction of sp³-hybridized carbons (Fsp3) is 0.706. The summed E-state index contributed by atoms with van der Waals surface area (Å²) in [5.74, 6) is -0.0106. The largest absolute Gasteiger partial charge is 0.396 e. The van der Waals surface area contributed by atoms with Crippen LogP contribution in [0.3, 0.4) is 0 Å². The summed E-state index contributed by atoms with van der Waals surface area (Å²) in [6.45, 7) is 1.95. The molecule has 0 aromatic heterocycles. The first kappa shape index (κ1) is 17.0. The molecule has 7 heteroatoms. The molecule has 0 bridgehead atoms. The number of amides is 4. The minimum atomic E-state index is -0.806. The zero-order valence-corrected chi connectivity index (χ0v) is 14.0. The molecule has 1 saturated carbocycles. The Hall–Kier alpha value is -1.89. The van der Waals surface area contributed by atoms with Crippen LogP contribution < -0.4 is 10.6 Å². The number of aliphatic hydroxyl groups is 1. The molecule has 7 nitrogen and oxygen atoms in total. The number of rotatable bonds is 4. The van der Waals surface area contributed by atoms with E-state index >= 15 is 0 Å². The SMILES string of the molecule is CC1CCC2(CC1)NC(=O)N(CC(=O)N[C@@H]1C=C[C@H](CO)C1)C2=O. The Labute approximate surface area is 141 Å². The maximum absolute atomic E-state index is 12.7. The molecule has 4 amide bonds. The van der Waals surface area contributed by atoms with Crippen molar-refractivity contribution in [1.82, 2.24) is 15.5 Å². The molecule has 1 saturated heterocycles. The summed E-state index contributed by atoms with van der Waals surface area (Å²) in [7, 11) is 0. The molecule has 0 unspecified atom stereocenters. The summed E-state index contributed by atoms with van der Waals surface area (Å²) in [6, 6.07) is -0.625. The van der Waals surface area contributed by atoms with Gasteiger partial charge < -0.3 is 15.7 Å². The van der Waals surface area contributed by atoms with Gasteiger partial charge in [0.05, 0.1) is 0 Å². The van der Waals surface area contributed by atoms with Gasteiger partial charge in [-0.2, -0.15) is 0 Å². The maximum atomic E-state index is 12.7. The summed E-state index contributed by atoms with van der Waals surface area (Å²) < 4.78 is 0. The number of aliphatic hydroxyl groups excluding tert-OH is 1. The third-order valence-electron chi connectivity index (χ3n) is 5.43. The van der Waals surface area contributed by atoms with Gasteiger partial charge in [0.1, 0.15) is 12.1 Å². The van der Waals surface area contributed by atoms with Crippen molar-refractivity contribution in [2.45, 2.75) is 50.6 Å². The number of carbonyl (C=O) groups excluding carboxylic acids is 3. The second kappa shape index (κ2) is 6.55. The average Bonchev–Trinajstić information content (AvgIpc) is 3.09. The topological polar surface area (TPSA) is 98.7 Å². The van der Waals surface area contributed by atoms with E-state index in [2.05, 4.69) is 17.6 Å².